The van der Waals surface area contributed by atoms with Crippen LogP contribution in [0.3, 0.4) is 0 Å². The van der Waals surface area contributed by atoms with Gasteiger partial charge in [-0.2, -0.15) is 15.6 Å². The van der Waals surface area contributed by atoms with Crippen LogP contribution in [-0.4, -0.2) is 34.1 Å². The van der Waals surface area contributed by atoms with Gasteiger partial charge in [-0.25, -0.2) is 4.68 Å². The average Bonchev–Trinajstić information content (AvgIpc) is 2.73. The molecule has 3 N–H and O–H groups in total. The summed E-state index contributed by atoms with van der Waals surface area (Å²) < 4.78 is 1.50. The Morgan fingerprint density at radius 1 is 1.37 bits per heavy atom. The number of hydrogen-bond acceptors (Lipinski definition) is 6. The topological polar surface area (TPSA) is 115 Å². The minimum absolute atomic E-state index is 0.278. The second-order valence-corrected chi connectivity index (χ2v) is 4.55. The van der Waals surface area contributed by atoms with E-state index in [-0.39, 0.29) is 6.10 Å². The number of aliphatic hydroxyl groups is 1. The van der Waals surface area contributed by atoms with Crippen LogP contribution in [-0.2, 0) is 6.54 Å². The summed E-state index contributed by atoms with van der Waals surface area (Å²) in [6, 6.07) is 4.10. The zero-order valence-electron chi connectivity index (χ0n) is 10.6. The van der Waals surface area contributed by atoms with E-state index in [1.807, 2.05) is 11.0 Å². The van der Waals surface area contributed by atoms with Crippen LogP contribution >= 0.6 is 0 Å². The molecular weight excluding hydrogens is 244 g/mol. The van der Waals surface area contributed by atoms with Crippen LogP contribution in [0.1, 0.15) is 24.8 Å². The molecule has 1 aromatic heterocycles. The van der Waals surface area contributed by atoms with Gasteiger partial charge in [0.1, 0.15) is 17.5 Å². The average molecular weight is 260 g/mol. The molecular formula is C12H16N6O. The molecule has 0 unspecified atom stereocenters. The molecule has 1 fully saturated rings. The predicted octanol–water partition coefficient (Wildman–Crippen LogP) is 0.212. The van der Waals surface area contributed by atoms with E-state index in [1.165, 1.54) is 4.68 Å². The van der Waals surface area contributed by atoms with Crippen molar-refractivity contribution >= 4 is 11.6 Å². The standard InChI is InChI=1S/C12H16N6O/c13-4-1-5-18-11(15)10(8-14)12(16-18)17-6-2-9(19)3-7-17/h9,19H,1-3,5-7,15H2. The first-order valence-corrected chi connectivity index (χ1v) is 6.23. The van der Waals surface area contributed by atoms with Gasteiger partial charge < -0.3 is 15.7 Å². The quantitative estimate of drug-likeness (QED) is 0.802. The molecule has 7 nitrogen and oxygen atoms in total. The van der Waals surface area contributed by atoms with Crippen molar-refractivity contribution in [3.05, 3.63) is 5.56 Å². The summed E-state index contributed by atoms with van der Waals surface area (Å²) in [5.74, 6) is 0.865. The van der Waals surface area contributed by atoms with E-state index in [9.17, 15) is 10.4 Å². The van der Waals surface area contributed by atoms with Gasteiger partial charge in [0, 0.05) is 13.1 Å². The van der Waals surface area contributed by atoms with Gasteiger partial charge in [0.2, 0.25) is 0 Å². The molecule has 1 aromatic rings. The molecule has 0 aromatic carbocycles. The van der Waals surface area contributed by atoms with Gasteiger partial charge in [-0.1, -0.05) is 0 Å². The van der Waals surface area contributed by atoms with Gasteiger partial charge in [-0.15, -0.1) is 0 Å². The molecule has 2 rings (SSSR count). The number of nitrogens with two attached hydrogens (primary N) is 1. The number of nitrogen functional groups attached to an aromatic ring is 1. The number of rotatable bonds is 3. The number of anilines is 2. The lowest BCUT2D eigenvalue weighted by molar-refractivity contribution is 0.145. The van der Waals surface area contributed by atoms with E-state index in [4.69, 9.17) is 11.0 Å². The van der Waals surface area contributed by atoms with Crippen molar-refractivity contribution in [2.75, 3.05) is 23.7 Å². The van der Waals surface area contributed by atoms with Crippen molar-refractivity contribution in [1.29, 1.82) is 10.5 Å². The molecule has 0 spiro atoms. The normalized spacial score (nSPS) is 16.1. The summed E-state index contributed by atoms with van der Waals surface area (Å²) in [6.07, 6.45) is 1.35. The lowest BCUT2D eigenvalue weighted by Gasteiger charge is -2.29. The summed E-state index contributed by atoms with van der Waals surface area (Å²) in [5, 5.41) is 31.6. The summed E-state index contributed by atoms with van der Waals surface area (Å²) in [7, 11) is 0. The number of nitriles is 2. The highest BCUT2D eigenvalue weighted by atomic mass is 16.3. The van der Waals surface area contributed by atoms with Crippen molar-refractivity contribution in [3.8, 4) is 12.1 Å². The Hall–Kier alpha value is -2.25. The first kappa shape index (κ1) is 13.2. The van der Waals surface area contributed by atoms with Gasteiger partial charge in [0.05, 0.1) is 25.1 Å². The van der Waals surface area contributed by atoms with Crippen LogP contribution in [0.15, 0.2) is 0 Å². The molecule has 19 heavy (non-hydrogen) atoms. The van der Waals surface area contributed by atoms with Crippen molar-refractivity contribution < 1.29 is 5.11 Å². The number of aromatic nitrogens is 2. The zero-order chi connectivity index (χ0) is 13.8. The summed E-state index contributed by atoms with van der Waals surface area (Å²) in [4.78, 5) is 1.96. The van der Waals surface area contributed by atoms with Crippen molar-refractivity contribution in [1.82, 2.24) is 9.78 Å². The fourth-order valence-electron chi connectivity index (χ4n) is 2.19. The van der Waals surface area contributed by atoms with Gasteiger partial charge in [0.25, 0.3) is 0 Å². The van der Waals surface area contributed by atoms with Crippen molar-refractivity contribution in [2.45, 2.75) is 31.9 Å². The Labute approximate surface area is 111 Å². The number of hydrogen-bond donors (Lipinski definition) is 2. The Bertz CT molecular complexity index is 530. The minimum Gasteiger partial charge on any atom is -0.393 e. The van der Waals surface area contributed by atoms with Crippen LogP contribution in [0.2, 0.25) is 0 Å². The molecule has 7 heteroatoms. The Morgan fingerprint density at radius 2 is 2.05 bits per heavy atom. The summed E-state index contributed by atoms with van der Waals surface area (Å²) >= 11 is 0. The van der Waals surface area contributed by atoms with Gasteiger partial charge in [-0.3, -0.25) is 0 Å². The van der Waals surface area contributed by atoms with Crippen LogP contribution < -0.4 is 10.6 Å². The van der Waals surface area contributed by atoms with E-state index in [0.29, 0.717) is 56.1 Å². The second kappa shape index (κ2) is 5.59. The smallest absolute Gasteiger partial charge is 0.170 e. The van der Waals surface area contributed by atoms with Gasteiger partial charge in [0.15, 0.2) is 5.82 Å². The SMILES string of the molecule is N#CCCn1nc(N2CCC(O)CC2)c(C#N)c1N. The van der Waals surface area contributed by atoms with E-state index >= 15 is 0 Å². The van der Waals surface area contributed by atoms with Crippen LogP contribution in [0.4, 0.5) is 11.6 Å². The van der Waals surface area contributed by atoms with E-state index in [1.54, 1.807) is 0 Å². The molecule has 0 saturated carbocycles. The molecule has 0 bridgehead atoms. The Morgan fingerprint density at radius 3 is 2.63 bits per heavy atom. The monoisotopic (exact) mass is 260 g/mol. The third kappa shape index (κ3) is 2.61. The maximum absolute atomic E-state index is 9.50. The van der Waals surface area contributed by atoms with Crippen LogP contribution in [0.25, 0.3) is 0 Å². The van der Waals surface area contributed by atoms with Crippen molar-refractivity contribution in [2.24, 2.45) is 0 Å². The Kier molecular flexibility index (Phi) is 3.88. The minimum atomic E-state index is -0.278. The van der Waals surface area contributed by atoms with E-state index in [2.05, 4.69) is 11.2 Å². The molecule has 2 heterocycles. The molecule has 0 amide bonds. The summed E-state index contributed by atoms with van der Waals surface area (Å²) in [6.45, 7) is 1.70. The molecule has 1 aliphatic rings. The molecule has 0 radical (unpaired) electrons. The first-order chi connectivity index (χ1) is 9.17. The second-order valence-electron chi connectivity index (χ2n) is 4.55. The highest BCUT2D eigenvalue weighted by molar-refractivity contribution is 5.65. The predicted molar refractivity (Wildman–Crippen MR) is 69.0 cm³/mol. The largest absolute Gasteiger partial charge is 0.393 e. The molecule has 1 saturated heterocycles. The third-order valence-corrected chi connectivity index (χ3v) is 3.28. The number of aliphatic hydroxyl groups excluding tert-OH is 1. The Balaban J connectivity index is 2.25. The fourth-order valence-corrected chi connectivity index (χ4v) is 2.19. The van der Waals surface area contributed by atoms with Crippen LogP contribution in [0.5, 0.6) is 0 Å². The lowest BCUT2D eigenvalue weighted by Crippen LogP contribution is -2.36. The van der Waals surface area contributed by atoms with Gasteiger partial charge in [-0.05, 0) is 12.8 Å². The maximum atomic E-state index is 9.50. The van der Waals surface area contributed by atoms with Crippen LogP contribution in [0, 0.1) is 22.7 Å². The molecule has 100 valence electrons. The number of piperidine rings is 1. The maximum Gasteiger partial charge on any atom is 0.170 e. The van der Waals surface area contributed by atoms with E-state index < -0.39 is 0 Å². The summed E-state index contributed by atoms with van der Waals surface area (Å²) in [5.41, 5.74) is 6.24. The van der Waals surface area contributed by atoms with E-state index in [0.717, 1.165) is 0 Å². The zero-order valence-corrected chi connectivity index (χ0v) is 10.6. The lowest BCUT2D eigenvalue weighted by atomic mass is 10.1. The molecule has 0 atom stereocenters. The fraction of sp³-hybridized carbons (Fsp3) is 0.583. The molecule has 1 aliphatic heterocycles. The number of nitrogens with zero attached hydrogens (tertiary/aromatic N) is 5. The number of aryl methyl sites for hydroxylation is 1. The van der Waals surface area contributed by atoms with Crippen molar-refractivity contribution in [3.63, 3.8) is 0 Å². The molecule has 0 aliphatic carbocycles. The highest BCUT2D eigenvalue weighted by Gasteiger charge is 2.24. The van der Waals surface area contributed by atoms with Gasteiger partial charge >= 0.3 is 0 Å². The third-order valence-electron chi connectivity index (χ3n) is 3.28. The highest BCUT2D eigenvalue weighted by Crippen LogP contribution is 2.27. The first-order valence-electron chi connectivity index (χ1n) is 6.23.